The smallest absolute Gasteiger partial charge is 0.343 e. The average molecular weight is 545 g/mol. The maximum Gasteiger partial charge on any atom is 0.343 e. The van der Waals surface area contributed by atoms with Crippen LogP contribution in [0.4, 0.5) is 0 Å². The third-order valence-electron chi connectivity index (χ3n) is 5.59. The number of carbonyl (C=O) groups excluding carboxylic acids is 3. The van der Waals surface area contributed by atoms with Crippen LogP contribution in [0.3, 0.4) is 0 Å². The van der Waals surface area contributed by atoms with Gasteiger partial charge in [-0.1, -0.05) is 18.7 Å². The van der Waals surface area contributed by atoms with Crippen molar-refractivity contribution in [2.45, 2.75) is 25.7 Å². The fourth-order valence-electron chi connectivity index (χ4n) is 3.44. The van der Waals surface area contributed by atoms with E-state index in [1.54, 1.807) is 73.8 Å². The van der Waals surface area contributed by atoms with Gasteiger partial charge >= 0.3 is 17.9 Å². The van der Waals surface area contributed by atoms with E-state index in [1.807, 2.05) is 12.1 Å². The van der Waals surface area contributed by atoms with E-state index in [-0.39, 0.29) is 0 Å². The Labute approximate surface area is 233 Å². The van der Waals surface area contributed by atoms with Gasteiger partial charge in [-0.3, -0.25) is 0 Å². The van der Waals surface area contributed by atoms with E-state index >= 15 is 0 Å². The molecule has 40 heavy (non-hydrogen) atoms. The highest BCUT2D eigenvalue weighted by molar-refractivity contribution is 5.91. The van der Waals surface area contributed by atoms with Crippen LogP contribution in [0.2, 0.25) is 0 Å². The third kappa shape index (κ3) is 10.5. The molecular weight excluding hydrogens is 512 g/mol. The largest absolute Gasteiger partial charge is 0.497 e. The first-order chi connectivity index (χ1) is 19.5. The molecule has 3 rings (SSSR count). The summed E-state index contributed by atoms with van der Waals surface area (Å²) in [5, 5.41) is 0. The maximum atomic E-state index is 12.5. The topological polar surface area (TPSA) is 97.4 Å². The van der Waals surface area contributed by atoms with Crippen LogP contribution in [0.15, 0.2) is 91.5 Å². The summed E-state index contributed by atoms with van der Waals surface area (Å²) >= 11 is 0. The highest BCUT2D eigenvalue weighted by Gasteiger charge is 2.10. The van der Waals surface area contributed by atoms with E-state index in [1.165, 1.54) is 6.08 Å². The molecule has 8 heteroatoms. The first kappa shape index (κ1) is 29.7. The molecule has 0 aromatic heterocycles. The minimum Gasteiger partial charge on any atom is -0.497 e. The fraction of sp³-hybridized carbons (Fsp3) is 0.219. The molecule has 0 amide bonds. The third-order valence-corrected chi connectivity index (χ3v) is 5.59. The Morgan fingerprint density at radius 1 is 0.675 bits per heavy atom. The molecule has 3 aromatic rings. The minimum atomic E-state index is -0.533. The number of benzene rings is 3. The Kier molecular flexibility index (Phi) is 12.0. The highest BCUT2D eigenvalue weighted by atomic mass is 16.5. The van der Waals surface area contributed by atoms with Crippen molar-refractivity contribution >= 4 is 24.0 Å². The van der Waals surface area contributed by atoms with Gasteiger partial charge in [-0.05, 0) is 98.0 Å². The summed E-state index contributed by atoms with van der Waals surface area (Å²) in [5.41, 5.74) is 1.21. The van der Waals surface area contributed by atoms with Gasteiger partial charge in [0.25, 0.3) is 0 Å². The average Bonchev–Trinajstić information content (AvgIpc) is 2.98. The van der Waals surface area contributed by atoms with Gasteiger partial charge in [0.1, 0.15) is 23.0 Å². The summed E-state index contributed by atoms with van der Waals surface area (Å²) in [6.45, 7) is 4.29. The van der Waals surface area contributed by atoms with Crippen molar-refractivity contribution in [3.05, 3.63) is 103 Å². The van der Waals surface area contributed by atoms with Crippen LogP contribution >= 0.6 is 0 Å². The zero-order valence-corrected chi connectivity index (χ0v) is 22.4. The molecule has 0 spiro atoms. The molecule has 0 heterocycles. The first-order valence-electron chi connectivity index (χ1n) is 12.8. The number of carbonyl (C=O) groups is 3. The molecule has 0 atom stereocenters. The molecule has 0 aliphatic carbocycles. The van der Waals surface area contributed by atoms with Gasteiger partial charge in [0.2, 0.25) is 0 Å². The van der Waals surface area contributed by atoms with E-state index in [0.717, 1.165) is 43.1 Å². The molecule has 0 radical (unpaired) electrons. The Hall–Kier alpha value is -4.85. The van der Waals surface area contributed by atoms with Gasteiger partial charge in [-0.15, -0.1) is 0 Å². The van der Waals surface area contributed by atoms with Crippen LogP contribution in [-0.4, -0.2) is 38.2 Å². The monoisotopic (exact) mass is 544 g/mol. The molecule has 0 bridgehead atoms. The molecule has 3 aromatic carbocycles. The molecule has 0 aliphatic heterocycles. The summed E-state index contributed by atoms with van der Waals surface area (Å²) in [7, 11) is 1.59. The normalized spacial score (nSPS) is 10.5. The van der Waals surface area contributed by atoms with Crippen molar-refractivity contribution in [2.75, 3.05) is 20.3 Å². The lowest BCUT2D eigenvalue weighted by Gasteiger charge is -2.08. The lowest BCUT2D eigenvalue weighted by atomic mass is 10.2. The molecular formula is C32H32O8. The number of rotatable bonds is 15. The molecule has 208 valence electrons. The zero-order valence-electron chi connectivity index (χ0n) is 22.4. The Morgan fingerprint density at radius 3 is 1.88 bits per heavy atom. The number of hydrogen-bond donors (Lipinski definition) is 0. The second-order valence-corrected chi connectivity index (χ2v) is 8.55. The highest BCUT2D eigenvalue weighted by Crippen LogP contribution is 2.20. The molecule has 0 N–H and O–H groups in total. The zero-order chi connectivity index (χ0) is 28.6. The summed E-state index contributed by atoms with van der Waals surface area (Å²) in [6.07, 6.45) is 7.68. The van der Waals surface area contributed by atoms with Crippen molar-refractivity contribution < 1.29 is 38.1 Å². The quantitative estimate of drug-likeness (QED) is 0.0965. The predicted molar refractivity (Wildman–Crippen MR) is 151 cm³/mol. The summed E-state index contributed by atoms with van der Waals surface area (Å²) < 4.78 is 26.5. The first-order valence-corrected chi connectivity index (χ1v) is 12.8. The van der Waals surface area contributed by atoms with Gasteiger partial charge in [-0.2, -0.15) is 0 Å². The predicted octanol–water partition coefficient (Wildman–Crippen LogP) is 6.20. The second kappa shape index (κ2) is 16.2. The van der Waals surface area contributed by atoms with Crippen LogP contribution in [0.25, 0.3) is 6.08 Å². The van der Waals surface area contributed by atoms with E-state index in [9.17, 15) is 14.4 Å². The lowest BCUT2D eigenvalue weighted by molar-refractivity contribution is -0.137. The van der Waals surface area contributed by atoms with Crippen LogP contribution in [-0.2, 0) is 14.3 Å². The summed E-state index contributed by atoms with van der Waals surface area (Å²) in [4.78, 5) is 35.6. The number of ether oxygens (including phenoxy) is 5. The molecule has 0 saturated carbocycles. The Morgan fingerprint density at radius 2 is 1.25 bits per heavy atom. The van der Waals surface area contributed by atoms with Crippen molar-refractivity contribution in [1.82, 2.24) is 0 Å². The Bertz CT molecular complexity index is 1280. The van der Waals surface area contributed by atoms with Crippen molar-refractivity contribution in [3.63, 3.8) is 0 Å². The fourth-order valence-corrected chi connectivity index (χ4v) is 3.44. The second-order valence-electron chi connectivity index (χ2n) is 8.55. The van der Waals surface area contributed by atoms with Crippen molar-refractivity contribution in [3.8, 4) is 23.0 Å². The maximum absolute atomic E-state index is 12.5. The van der Waals surface area contributed by atoms with Gasteiger partial charge in [0, 0.05) is 12.2 Å². The summed E-state index contributed by atoms with van der Waals surface area (Å²) in [5.74, 6) is 0.573. The SMILES string of the molecule is C=CC(=O)OCCCCCCOc1ccc(C(=O)Oc2ccc(OC(=O)C=Cc3ccc(OC)cc3)cc2)cc1. The lowest BCUT2D eigenvalue weighted by Crippen LogP contribution is -2.08. The van der Waals surface area contributed by atoms with Crippen molar-refractivity contribution in [1.29, 1.82) is 0 Å². The van der Waals surface area contributed by atoms with E-state index in [2.05, 4.69) is 6.58 Å². The van der Waals surface area contributed by atoms with E-state index in [4.69, 9.17) is 23.7 Å². The van der Waals surface area contributed by atoms with Gasteiger partial charge < -0.3 is 23.7 Å². The standard InChI is InChI=1S/C32H32O8/c1-3-30(33)38-23-7-5-4-6-22-37-27-15-11-25(12-16-27)32(35)40-29-19-17-28(18-20-29)39-31(34)21-10-24-8-13-26(36-2)14-9-24/h3,8-21H,1,4-7,22-23H2,2H3. The van der Waals surface area contributed by atoms with Gasteiger partial charge in [-0.25, -0.2) is 14.4 Å². The molecule has 0 unspecified atom stereocenters. The summed E-state index contributed by atoms with van der Waals surface area (Å²) in [6, 6.07) is 20.1. The van der Waals surface area contributed by atoms with Gasteiger partial charge in [0.15, 0.2) is 0 Å². The molecule has 0 fully saturated rings. The molecule has 8 nitrogen and oxygen atoms in total. The van der Waals surface area contributed by atoms with E-state index < -0.39 is 17.9 Å². The van der Waals surface area contributed by atoms with Crippen LogP contribution in [0.1, 0.15) is 41.6 Å². The van der Waals surface area contributed by atoms with Crippen LogP contribution < -0.4 is 18.9 Å². The number of unbranched alkanes of at least 4 members (excludes halogenated alkanes) is 3. The van der Waals surface area contributed by atoms with Crippen LogP contribution in [0.5, 0.6) is 23.0 Å². The number of esters is 3. The minimum absolute atomic E-state index is 0.318. The van der Waals surface area contributed by atoms with Crippen LogP contribution in [0, 0.1) is 0 Å². The Balaban J connectivity index is 1.37. The number of hydrogen-bond acceptors (Lipinski definition) is 8. The van der Waals surface area contributed by atoms with Gasteiger partial charge in [0.05, 0.1) is 25.9 Å². The molecule has 0 saturated heterocycles. The van der Waals surface area contributed by atoms with Crippen molar-refractivity contribution in [2.24, 2.45) is 0 Å². The molecule has 0 aliphatic rings. The number of methoxy groups -OCH3 is 1. The van der Waals surface area contributed by atoms with E-state index in [0.29, 0.717) is 36.0 Å².